The highest BCUT2D eigenvalue weighted by Crippen LogP contribution is 2.22. The molecule has 3 rings (SSSR count). The van der Waals surface area contributed by atoms with Crippen LogP contribution in [0.3, 0.4) is 0 Å². The van der Waals surface area contributed by atoms with E-state index in [2.05, 4.69) is 17.1 Å². The van der Waals surface area contributed by atoms with Crippen molar-refractivity contribution in [2.75, 3.05) is 0 Å². The van der Waals surface area contributed by atoms with Gasteiger partial charge >= 0.3 is 5.97 Å². The second-order valence-corrected chi connectivity index (χ2v) is 5.98. The van der Waals surface area contributed by atoms with Crippen LogP contribution in [0.1, 0.15) is 36.1 Å². The van der Waals surface area contributed by atoms with E-state index in [1.807, 2.05) is 48.1 Å². The predicted molar refractivity (Wildman–Crippen MR) is 93.8 cm³/mol. The van der Waals surface area contributed by atoms with E-state index in [0.717, 1.165) is 18.0 Å². The highest BCUT2D eigenvalue weighted by molar-refractivity contribution is 5.69. The summed E-state index contributed by atoms with van der Waals surface area (Å²) in [6.45, 7) is 0. The molecule has 3 aromatic rings. The molecule has 1 aromatic carbocycles. The summed E-state index contributed by atoms with van der Waals surface area (Å²) in [4.78, 5) is 16.6. The van der Waals surface area contributed by atoms with E-state index < -0.39 is 0 Å². The molecule has 0 radical (unpaired) electrons. The summed E-state index contributed by atoms with van der Waals surface area (Å²) in [7, 11) is 1.91. The average molecular weight is 338 g/mol. The fourth-order valence-electron chi connectivity index (χ4n) is 2.77. The van der Waals surface area contributed by atoms with E-state index in [1.54, 1.807) is 12.5 Å². The first-order valence-electron chi connectivity index (χ1n) is 8.45. The lowest BCUT2D eigenvalue weighted by Crippen LogP contribution is -2.16. The summed E-state index contributed by atoms with van der Waals surface area (Å²) in [5, 5.41) is 0. The van der Waals surface area contributed by atoms with Crippen molar-refractivity contribution in [3.05, 3.63) is 78.3 Å². The monoisotopic (exact) mass is 338 g/mol. The van der Waals surface area contributed by atoms with Gasteiger partial charge < -0.3 is 13.7 Å². The summed E-state index contributed by atoms with van der Waals surface area (Å²) in [5.41, 5.74) is 1.22. The number of aryl methyl sites for hydroxylation is 3. The molecule has 0 aliphatic heterocycles. The highest BCUT2D eigenvalue weighted by atomic mass is 16.5. The van der Waals surface area contributed by atoms with Crippen molar-refractivity contribution in [2.24, 2.45) is 7.05 Å². The lowest BCUT2D eigenvalue weighted by molar-refractivity contribution is -0.150. The average Bonchev–Trinajstić information content (AvgIpc) is 3.29. The standard InChI is InChI=1S/C20H22N2O3/c1-22-14-13-21-20(22)18(11-9-16-6-3-2-4-7-16)25-19(23)12-10-17-8-5-15-24-17/h2-8,13-15,18H,9-12H2,1H3/t18-/m0/s1. The summed E-state index contributed by atoms with van der Waals surface area (Å²) < 4.78 is 12.9. The predicted octanol–water partition coefficient (Wildman–Crippen LogP) is 3.86. The van der Waals surface area contributed by atoms with Crippen LogP contribution < -0.4 is 0 Å². The topological polar surface area (TPSA) is 57.3 Å². The summed E-state index contributed by atoms with van der Waals surface area (Å²) in [5.74, 6) is 1.31. The molecule has 0 saturated heterocycles. The molecule has 130 valence electrons. The molecule has 0 saturated carbocycles. The van der Waals surface area contributed by atoms with Gasteiger partial charge in [0, 0.05) is 25.9 Å². The quantitative estimate of drug-likeness (QED) is 0.585. The molecule has 1 atom stereocenters. The number of nitrogens with zero attached hydrogens (tertiary/aromatic N) is 2. The highest BCUT2D eigenvalue weighted by Gasteiger charge is 2.21. The van der Waals surface area contributed by atoms with E-state index in [0.29, 0.717) is 19.3 Å². The van der Waals surface area contributed by atoms with Crippen molar-refractivity contribution in [3.63, 3.8) is 0 Å². The Kier molecular flexibility index (Phi) is 5.67. The zero-order valence-electron chi connectivity index (χ0n) is 14.3. The zero-order valence-corrected chi connectivity index (χ0v) is 14.3. The SMILES string of the molecule is Cn1ccnc1[C@H](CCc1ccccc1)OC(=O)CCc1ccco1. The molecule has 0 N–H and O–H groups in total. The van der Waals surface area contributed by atoms with Crippen LogP contribution >= 0.6 is 0 Å². The van der Waals surface area contributed by atoms with Crippen molar-refractivity contribution in [1.82, 2.24) is 9.55 Å². The van der Waals surface area contributed by atoms with Crippen LogP contribution in [0.25, 0.3) is 0 Å². The first-order valence-corrected chi connectivity index (χ1v) is 8.45. The smallest absolute Gasteiger partial charge is 0.306 e. The Morgan fingerprint density at radius 3 is 2.72 bits per heavy atom. The van der Waals surface area contributed by atoms with Gasteiger partial charge in [-0.05, 0) is 30.5 Å². The minimum absolute atomic E-state index is 0.238. The minimum atomic E-state index is -0.357. The number of furan rings is 1. The number of carbonyl (C=O) groups is 1. The molecule has 0 unspecified atom stereocenters. The number of benzene rings is 1. The Morgan fingerprint density at radius 1 is 1.20 bits per heavy atom. The first-order chi connectivity index (χ1) is 12.2. The van der Waals surface area contributed by atoms with Gasteiger partial charge in [-0.1, -0.05) is 30.3 Å². The number of rotatable bonds is 8. The summed E-state index contributed by atoms with van der Waals surface area (Å²) in [6, 6.07) is 13.9. The second-order valence-electron chi connectivity index (χ2n) is 5.98. The van der Waals surface area contributed by atoms with Crippen LogP contribution in [0, 0.1) is 0 Å². The minimum Gasteiger partial charge on any atom is -0.469 e. The lowest BCUT2D eigenvalue weighted by atomic mass is 10.1. The number of imidazole rings is 1. The normalized spacial score (nSPS) is 12.0. The second kappa shape index (κ2) is 8.33. The van der Waals surface area contributed by atoms with E-state index in [1.165, 1.54) is 5.56 Å². The molecule has 0 amide bonds. The van der Waals surface area contributed by atoms with Gasteiger partial charge in [-0.3, -0.25) is 4.79 Å². The number of esters is 1. The lowest BCUT2D eigenvalue weighted by Gasteiger charge is -2.18. The Balaban J connectivity index is 1.62. The maximum absolute atomic E-state index is 12.3. The molecule has 2 heterocycles. The third-order valence-electron chi connectivity index (χ3n) is 4.11. The zero-order chi connectivity index (χ0) is 17.5. The van der Waals surface area contributed by atoms with Gasteiger partial charge in [-0.15, -0.1) is 0 Å². The van der Waals surface area contributed by atoms with Crippen LogP contribution in [0.5, 0.6) is 0 Å². The van der Waals surface area contributed by atoms with E-state index >= 15 is 0 Å². The van der Waals surface area contributed by atoms with Crippen LogP contribution in [0.4, 0.5) is 0 Å². The van der Waals surface area contributed by atoms with Crippen molar-refractivity contribution in [1.29, 1.82) is 0 Å². The van der Waals surface area contributed by atoms with Crippen molar-refractivity contribution >= 4 is 5.97 Å². The summed E-state index contributed by atoms with van der Waals surface area (Å²) >= 11 is 0. The van der Waals surface area contributed by atoms with Gasteiger partial charge in [-0.2, -0.15) is 0 Å². The van der Waals surface area contributed by atoms with Gasteiger partial charge in [-0.25, -0.2) is 4.98 Å². The third-order valence-corrected chi connectivity index (χ3v) is 4.11. The van der Waals surface area contributed by atoms with Gasteiger partial charge in [0.25, 0.3) is 0 Å². The maximum atomic E-state index is 12.3. The molecule has 0 spiro atoms. The Hall–Kier alpha value is -2.82. The van der Waals surface area contributed by atoms with Crippen LogP contribution in [0.15, 0.2) is 65.5 Å². The molecule has 0 aliphatic carbocycles. The van der Waals surface area contributed by atoms with Crippen LogP contribution in [-0.4, -0.2) is 15.5 Å². The van der Waals surface area contributed by atoms with Gasteiger partial charge in [0.15, 0.2) is 6.10 Å². The fraction of sp³-hybridized carbons (Fsp3) is 0.300. The molecular weight excluding hydrogens is 316 g/mol. The maximum Gasteiger partial charge on any atom is 0.306 e. The molecule has 5 nitrogen and oxygen atoms in total. The summed E-state index contributed by atoms with van der Waals surface area (Å²) in [6.07, 6.45) is 7.19. The number of hydrogen-bond acceptors (Lipinski definition) is 4. The van der Waals surface area contributed by atoms with Gasteiger partial charge in [0.2, 0.25) is 0 Å². The van der Waals surface area contributed by atoms with Gasteiger partial charge in [0.05, 0.1) is 12.7 Å². The number of aromatic nitrogens is 2. The Bertz CT molecular complexity index is 778. The largest absolute Gasteiger partial charge is 0.469 e. The molecule has 0 aliphatic rings. The van der Waals surface area contributed by atoms with E-state index in [4.69, 9.17) is 9.15 Å². The van der Waals surface area contributed by atoms with E-state index in [-0.39, 0.29) is 12.1 Å². The molecule has 25 heavy (non-hydrogen) atoms. The van der Waals surface area contributed by atoms with Crippen LogP contribution in [0.2, 0.25) is 0 Å². The van der Waals surface area contributed by atoms with Crippen molar-refractivity contribution in [2.45, 2.75) is 31.8 Å². The van der Waals surface area contributed by atoms with E-state index in [9.17, 15) is 4.79 Å². The third kappa shape index (κ3) is 4.83. The number of carbonyl (C=O) groups excluding carboxylic acids is 1. The van der Waals surface area contributed by atoms with Crippen molar-refractivity contribution < 1.29 is 13.9 Å². The number of hydrogen-bond donors (Lipinski definition) is 0. The van der Waals surface area contributed by atoms with Crippen LogP contribution in [-0.2, 0) is 29.4 Å². The number of ether oxygens (including phenoxy) is 1. The molecule has 0 fully saturated rings. The molecule has 2 aromatic heterocycles. The molecule has 5 heteroatoms. The van der Waals surface area contributed by atoms with Crippen molar-refractivity contribution in [3.8, 4) is 0 Å². The fourth-order valence-corrected chi connectivity index (χ4v) is 2.77. The molecule has 0 bridgehead atoms. The van der Waals surface area contributed by atoms with Gasteiger partial charge in [0.1, 0.15) is 11.6 Å². The first kappa shape index (κ1) is 17.0. The Morgan fingerprint density at radius 2 is 2.04 bits per heavy atom. The molecular formula is C20H22N2O3. The Labute approximate surface area is 147 Å².